The van der Waals surface area contributed by atoms with Gasteiger partial charge in [-0.25, -0.2) is 0 Å². The highest BCUT2D eigenvalue weighted by atomic mass is 16.7. The maximum absolute atomic E-state index is 13.5. The van der Waals surface area contributed by atoms with Crippen LogP contribution in [0.15, 0.2) is 70.5 Å². The summed E-state index contributed by atoms with van der Waals surface area (Å²) in [5.74, 6) is -6.48. The van der Waals surface area contributed by atoms with E-state index in [4.69, 9.17) is 4.74 Å². The second-order valence-electron chi connectivity index (χ2n) is 10.3. The summed E-state index contributed by atoms with van der Waals surface area (Å²) >= 11 is 0. The first kappa shape index (κ1) is 27.6. The zero-order valence-corrected chi connectivity index (χ0v) is 21.6. The monoisotopic (exact) mass is 500 g/mol. The Hall–Kier alpha value is -2.94. The van der Waals surface area contributed by atoms with Crippen LogP contribution in [0.25, 0.3) is 0 Å². The number of carbonyl (C=O) groups is 2. The van der Waals surface area contributed by atoms with Gasteiger partial charge in [-0.2, -0.15) is 0 Å². The van der Waals surface area contributed by atoms with Crippen molar-refractivity contribution in [1.29, 1.82) is 0 Å². The first-order valence-electron chi connectivity index (χ1n) is 12.0. The molecule has 0 bridgehead atoms. The molecule has 1 fully saturated rings. The lowest BCUT2D eigenvalue weighted by Crippen LogP contribution is -2.65. The molecular weight excluding hydrogens is 464 g/mol. The SMILES string of the molecule is C/C=C/C=C/C(O)=C1/C(O)=C(C)C(=O)C2(C)OC3(O)C(C)(O)CC(C(=O)CC/C=C/C)=C(O)C3(C)C12. The fourth-order valence-corrected chi connectivity index (χ4v) is 5.99. The molecule has 0 amide bonds. The van der Waals surface area contributed by atoms with Gasteiger partial charge in [0.1, 0.15) is 28.5 Å². The number of fused-ring (bicyclic) bond motifs is 3. The summed E-state index contributed by atoms with van der Waals surface area (Å²) in [7, 11) is 0. The van der Waals surface area contributed by atoms with Crippen molar-refractivity contribution in [1.82, 2.24) is 0 Å². The summed E-state index contributed by atoms with van der Waals surface area (Å²) < 4.78 is 6.01. The molecule has 2 aliphatic carbocycles. The number of ether oxygens (including phenoxy) is 1. The third-order valence-electron chi connectivity index (χ3n) is 7.86. The molecule has 0 aromatic rings. The van der Waals surface area contributed by atoms with Crippen LogP contribution in [0.2, 0.25) is 0 Å². The lowest BCUT2D eigenvalue weighted by atomic mass is 9.54. The van der Waals surface area contributed by atoms with Crippen molar-refractivity contribution in [3.8, 4) is 0 Å². The van der Waals surface area contributed by atoms with E-state index in [0.29, 0.717) is 6.42 Å². The molecule has 0 spiro atoms. The minimum atomic E-state index is -2.55. The van der Waals surface area contributed by atoms with Crippen molar-refractivity contribution in [2.45, 2.75) is 77.8 Å². The van der Waals surface area contributed by atoms with Crippen molar-refractivity contribution < 1.29 is 39.9 Å². The zero-order chi connectivity index (χ0) is 27.3. The molecule has 5 N–H and O–H groups in total. The number of aliphatic hydroxyl groups is 5. The Labute approximate surface area is 211 Å². The molecule has 5 unspecified atom stereocenters. The van der Waals surface area contributed by atoms with E-state index >= 15 is 0 Å². The quantitative estimate of drug-likeness (QED) is 0.206. The van der Waals surface area contributed by atoms with E-state index in [1.807, 2.05) is 6.92 Å². The highest BCUT2D eigenvalue weighted by Crippen LogP contribution is 2.68. The minimum absolute atomic E-state index is 0.0559. The Morgan fingerprint density at radius 2 is 1.75 bits per heavy atom. The average Bonchev–Trinajstić information content (AvgIpc) is 3.01. The van der Waals surface area contributed by atoms with Crippen molar-refractivity contribution in [3.63, 3.8) is 0 Å². The Bertz CT molecular complexity index is 1160. The van der Waals surface area contributed by atoms with Crippen LogP contribution in [0, 0.1) is 11.3 Å². The Kier molecular flexibility index (Phi) is 7.05. The summed E-state index contributed by atoms with van der Waals surface area (Å²) in [5.41, 5.74) is -6.32. The van der Waals surface area contributed by atoms with Crippen LogP contribution in [0.4, 0.5) is 0 Å². The zero-order valence-electron chi connectivity index (χ0n) is 21.6. The van der Waals surface area contributed by atoms with Gasteiger partial charge in [-0.05, 0) is 54.0 Å². The van der Waals surface area contributed by atoms with Gasteiger partial charge in [0.05, 0.1) is 5.41 Å². The molecular formula is C28H36O8. The van der Waals surface area contributed by atoms with Gasteiger partial charge in [-0.15, -0.1) is 0 Å². The summed E-state index contributed by atoms with van der Waals surface area (Å²) in [6.07, 6.45) is 9.84. The van der Waals surface area contributed by atoms with E-state index in [1.54, 1.807) is 31.2 Å². The fourth-order valence-electron chi connectivity index (χ4n) is 5.99. The van der Waals surface area contributed by atoms with E-state index in [-0.39, 0.29) is 23.1 Å². The number of rotatable bonds is 6. The largest absolute Gasteiger partial charge is 0.511 e. The lowest BCUT2D eigenvalue weighted by Gasteiger charge is -2.51. The first-order chi connectivity index (χ1) is 16.7. The van der Waals surface area contributed by atoms with E-state index in [2.05, 4.69) is 0 Å². The molecule has 3 rings (SSSR count). The molecule has 1 saturated heterocycles. The predicted molar refractivity (Wildman–Crippen MR) is 134 cm³/mol. The predicted octanol–water partition coefficient (Wildman–Crippen LogP) is 4.34. The number of Topliss-reactive ketones (excluding diaryl/α,β-unsaturated/α-hetero) is 2. The van der Waals surface area contributed by atoms with Crippen molar-refractivity contribution in [3.05, 3.63) is 70.5 Å². The van der Waals surface area contributed by atoms with Gasteiger partial charge in [0.15, 0.2) is 11.6 Å². The lowest BCUT2D eigenvalue weighted by molar-refractivity contribution is -0.330. The van der Waals surface area contributed by atoms with E-state index in [1.165, 1.54) is 39.8 Å². The molecule has 1 heterocycles. The van der Waals surface area contributed by atoms with Gasteiger partial charge in [-0.1, -0.05) is 30.4 Å². The maximum atomic E-state index is 13.5. The van der Waals surface area contributed by atoms with Gasteiger partial charge >= 0.3 is 0 Å². The number of carbonyl (C=O) groups excluding carboxylic acids is 2. The first-order valence-corrected chi connectivity index (χ1v) is 12.0. The number of hydrogen-bond donors (Lipinski definition) is 5. The molecule has 0 saturated carbocycles. The average molecular weight is 501 g/mol. The number of ketones is 2. The van der Waals surface area contributed by atoms with Crippen molar-refractivity contribution in [2.24, 2.45) is 11.3 Å². The van der Waals surface area contributed by atoms with Crippen molar-refractivity contribution in [2.75, 3.05) is 0 Å². The van der Waals surface area contributed by atoms with Gasteiger partial charge in [0, 0.05) is 35.5 Å². The molecule has 196 valence electrons. The summed E-state index contributed by atoms with van der Waals surface area (Å²) in [5, 5.41) is 57.0. The summed E-state index contributed by atoms with van der Waals surface area (Å²) in [6, 6.07) is 0. The molecule has 1 aliphatic heterocycles. The Morgan fingerprint density at radius 3 is 2.33 bits per heavy atom. The molecule has 0 aromatic carbocycles. The summed E-state index contributed by atoms with van der Waals surface area (Å²) in [6.45, 7) is 8.99. The van der Waals surface area contributed by atoms with Crippen LogP contribution in [-0.4, -0.2) is 54.1 Å². The van der Waals surface area contributed by atoms with Gasteiger partial charge in [0.25, 0.3) is 0 Å². The van der Waals surface area contributed by atoms with E-state index in [0.717, 1.165) is 0 Å². The number of aliphatic hydroxyl groups excluding tert-OH is 3. The third kappa shape index (κ3) is 3.62. The highest BCUT2D eigenvalue weighted by Gasteiger charge is 2.80. The standard InChI is InChI=1S/C28H36O8/c1-7-9-11-13-18(29)17-15-25(4,34)28(35)26(5,24(17)33)22-20(19(30)14-12-10-8-2)21(31)16(3)23(32)27(22,6)36-28/h7-10,12,14,22,30-31,33-35H,11,13,15H2,1-6H3/b9-7+,10-8+,14-12+,20-19+. The molecule has 36 heavy (non-hydrogen) atoms. The minimum Gasteiger partial charge on any atom is -0.511 e. The highest BCUT2D eigenvalue weighted by molar-refractivity contribution is 6.05. The maximum Gasteiger partial charge on any atom is 0.209 e. The third-order valence-corrected chi connectivity index (χ3v) is 7.86. The van der Waals surface area contributed by atoms with Crippen LogP contribution < -0.4 is 0 Å². The van der Waals surface area contributed by atoms with Crippen LogP contribution in [0.3, 0.4) is 0 Å². The van der Waals surface area contributed by atoms with Gasteiger partial charge in [0.2, 0.25) is 5.79 Å². The summed E-state index contributed by atoms with van der Waals surface area (Å²) in [4.78, 5) is 26.6. The van der Waals surface area contributed by atoms with Crippen molar-refractivity contribution >= 4 is 11.6 Å². The second kappa shape index (κ2) is 9.18. The van der Waals surface area contributed by atoms with Crippen LogP contribution >= 0.6 is 0 Å². The molecule has 0 aromatic heterocycles. The fraction of sp³-hybridized carbons (Fsp3) is 0.500. The van der Waals surface area contributed by atoms with Gasteiger partial charge < -0.3 is 30.3 Å². The normalized spacial score (nSPS) is 38.4. The Morgan fingerprint density at radius 1 is 1.11 bits per heavy atom. The number of allylic oxidation sites excluding steroid dienone is 7. The Balaban J connectivity index is 2.38. The van der Waals surface area contributed by atoms with E-state index < -0.39 is 63.6 Å². The van der Waals surface area contributed by atoms with Gasteiger partial charge in [-0.3, -0.25) is 9.59 Å². The second-order valence-corrected chi connectivity index (χ2v) is 10.3. The smallest absolute Gasteiger partial charge is 0.209 e. The van der Waals surface area contributed by atoms with Crippen LogP contribution in [0.5, 0.6) is 0 Å². The molecule has 8 nitrogen and oxygen atoms in total. The topological polar surface area (TPSA) is 145 Å². The van der Waals surface area contributed by atoms with Crippen LogP contribution in [0.1, 0.15) is 60.8 Å². The van der Waals surface area contributed by atoms with Crippen LogP contribution in [-0.2, 0) is 14.3 Å². The molecule has 8 heteroatoms. The molecule has 3 aliphatic rings. The number of hydrogen-bond acceptors (Lipinski definition) is 8. The van der Waals surface area contributed by atoms with E-state index in [9.17, 15) is 35.1 Å². The molecule has 5 atom stereocenters. The molecule has 0 radical (unpaired) electrons.